The van der Waals surface area contributed by atoms with Crippen LogP contribution in [-0.4, -0.2) is 19.0 Å². The lowest BCUT2D eigenvalue weighted by Gasteiger charge is -2.27. The molecule has 2 aliphatic rings. The molecule has 0 spiro atoms. The third-order valence-electron chi connectivity index (χ3n) is 2.92. The van der Waals surface area contributed by atoms with Crippen LogP contribution in [0.4, 0.5) is 0 Å². The molecule has 2 nitrogen and oxygen atoms in total. The SMILES string of the molecule is CO[C@H]1CCC[C@H]2CC(=O)C=C21. The quantitative estimate of drug-likeness (QED) is 0.592. The van der Waals surface area contributed by atoms with Crippen LogP contribution in [0.3, 0.4) is 0 Å². The summed E-state index contributed by atoms with van der Waals surface area (Å²) in [5.41, 5.74) is 1.26. The van der Waals surface area contributed by atoms with Crippen molar-refractivity contribution in [3.8, 4) is 0 Å². The van der Waals surface area contributed by atoms with Gasteiger partial charge < -0.3 is 4.74 Å². The Bertz CT molecular complexity index is 230. The topological polar surface area (TPSA) is 26.3 Å². The average Bonchev–Trinajstić information content (AvgIpc) is 2.44. The van der Waals surface area contributed by atoms with Gasteiger partial charge in [0.05, 0.1) is 6.10 Å². The Morgan fingerprint density at radius 2 is 2.33 bits per heavy atom. The minimum atomic E-state index is 0.232. The summed E-state index contributed by atoms with van der Waals surface area (Å²) in [7, 11) is 1.73. The number of allylic oxidation sites excluding steroid dienone is 1. The van der Waals surface area contributed by atoms with Crippen LogP contribution in [0.5, 0.6) is 0 Å². The van der Waals surface area contributed by atoms with Crippen LogP contribution in [0.2, 0.25) is 0 Å². The molecule has 0 aromatic heterocycles. The lowest BCUT2D eigenvalue weighted by Crippen LogP contribution is -2.22. The number of rotatable bonds is 1. The van der Waals surface area contributed by atoms with Gasteiger partial charge in [0.1, 0.15) is 0 Å². The third kappa shape index (κ3) is 1.20. The molecule has 66 valence electrons. The highest BCUT2D eigenvalue weighted by Crippen LogP contribution is 2.37. The van der Waals surface area contributed by atoms with Crippen molar-refractivity contribution in [2.75, 3.05) is 7.11 Å². The zero-order chi connectivity index (χ0) is 8.55. The second-order valence-electron chi connectivity index (χ2n) is 3.67. The summed E-state index contributed by atoms with van der Waals surface area (Å²) < 4.78 is 5.33. The predicted octanol–water partition coefficient (Wildman–Crippen LogP) is 1.70. The van der Waals surface area contributed by atoms with Gasteiger partial charge in [0, 0.05) is 13.5 Å². The summed E-state index contributed by atoms with van der Waals surface area (Å²) in [5.74, 6) is 0.801. The number of methoxy groups -OCH3 is 1. The van der Waals surface area contributed by atoms with Gasteiger partial charge in [-0.2, -0.15) is 0 Å². The van der Waals surface area contributed by atoms with E-state index in [0.29, 0.717) is 11.7 Å². The van der Waals surface area contributed by atoms with Crippen LogP contribution in [0, 0.1) is 5.92 Å². The van der Waals surface area contributed by atoms with Gasteiger partial charge in [0.25, 0.3) is 0 Å². The smallest absolute Gasteiger partial charge is 0.156 e. The molecule has 0 N–H and O–H groups in total. The fourth-order valence-corrected chi connectivity index (χ4v) is 2.32. The van der Waals surface area contributed by atoms with E-state index in [2.05, 4.69) is 0 Å². The largest absolute Gasteiger partial charge is 0.377 e. The molecule has 0 aromatic carbocycles. The van der Waals surface area contributed by atoms with E-state index in [9.17, 15) is 4.79 Å². The third-order valence-corrected chi connectivity index (χ3v) is 2.92. The number of hydrogen-bond acceptors (Lipinski definition) is 2. The number of fused-ring (bicyclic) bond motifs is 1. The molecule has 0 aromatic rings. The molecule has 2 heteroatoms. The van der Waals surface area contributed by atoms with Gasteiger partial charge in [-0.05, 0) is 36.8 Å². The summed E-state index contributed by atoms with van der Waals surface area (Å²) in [6, 6.07) is 0. The standard InChI is InChI=1S/C10H14O2/c1-12-10-4-2-3-7-5-8(11)6-9(7)10/h6-7,10H,2-5H2,1H3/t7-,10-/m0/s1. The Morgan fingerprint density at radius 1 is 1.50 bits per heavy atom. The Morgan fingerprint density at radius 3 is 3.08 bits per heavy atom. The van der Waals surface area contributed by atoms with Gasteiger partial charge in [-0.25, -0.2) is 0 Å². The summed E-state index contributed by atoms with van der Waals surface area (Å²) in [5, 5.41) is 0. The van der Waals surface area contributed by atoms with E-state index in [1.54, 1.807) is 13.2 Å². The molecule has 2 aliphatic carbocycles. The summed E-state index contributed by atoms with van der Waals surface area (Å²) in [6.45, 7) is 0. The van der Waals surface area contributed by atoms with Crippen LogP contribution in [0.1, 0.15) is 25.7 Å². The summed E-state index contributed by atoms with van der Waals surface area (Å²) in [4.78, 5) is 11.1. The maximum Gasteiger partial charge on any atom is 0.156 e. The molecule has 0 bridgehead atoms. The molecule has 12 heavy (non-hydrogen) atoms. The van der Waals surface area contributed by atoms with Gasteiger partial charge >= 0.3 is 0 Å². The second-order valence-corrected chi connectivity index (χ2v) is 3.67. The predicted molar refractivity (Wildman–Crippen MR) is 45.8 cm³/mol. The highest BCUT2D eigenvalue weighted by atomic mass is 16.5. The molecule has 2 rings (SSSR count). The Balaban J connectivity index is 2.19. The fraction of sp³-hybridized carbons (Fsp3) is 0.700. The molecular weight excluding hydrogens is 152 g/mol. The van der Waals surface area contributed by atoms with Crippen molar-refractivity contribution < 1.29 is 9.53 Å². The molecule has 0 unspecified atom stereocenters. The van der Waals surface area contributed by atoms with E-state index in [-0.39, 0.29) is 6.10 Å². The molecule has 0 amide bonds. The van der Waals surface area contributed by atoms with Crippen molar-refractivity contribution in [2.24, 2.45) is 5.92 Å². The van der Waals surface area contributed by atoms with Gasteiger partial charge in [0.15, 0.2) is 5.78 Å². The van der Waals surface area contributed by atoms with E-state index >= 15 is 0 Å². The van der Waals surface area contributed by atoms with Crippen LogP contribution in [0.25, 0.3) is 0 Å². The molecular formula is C10H14O2. The minimum absolute atomic E-state index is 0.232. The van der Waals surface area contributed by atoms with E-state index in [1.165, 1.54) is 18.4 Å². The number of ether oxygens (including phenoxy) is 1. The van der Waals surface area contributed by atoms with Crippen molar-refractivity contribution in [3.63, 3.8) is 0 Å². The van der Waals surface area contributed by atoms with Crippen molar-refractivity contribution in [3.05, 3.63) is 11.6 Å². The summed E-state index contributed by atoms with van der Waals surface area (Å²) >= 11 is 0. The zero-order valence-electron chi connectivity index (χ0n) is 7.38. The van der Waals surface area contributed by atoms with Crippen LogP contribution < -0.4 is 0 Å². The minimum Gasteiger partial charge on any atom is -0.377 e. The Labute approximate surface area is 72.6 Å². The first-order valence-electron chi connectivity index (χ1n) is 4.58. The molecule has 2 atom stereocenters. The maximum absolute atomic E-state index is 11.1. The molecule has 0 aliphatic heterocycles. The maximum atomic E-state index is 11.1. The molecule has 0 heterocycles. The first-order chi connectivity index (χ1) is 5.81. The van der Waals surface area contributed by atoms with Gasteiger partial charge in [-0.3, -0.25) is 4.79 Å². The molecule has 1 saturated carbocycles. The highest BCUT2D eigenvalue weighted by molar-refractivity contribution is 5.93. The second kappa shape index (κ2) is 3.02. The lowest BCUT2D eigenvalue weighted by molar-refractivity contribution is -0.114. The van der Waals surface area contributed by atoms with E-state index in [4.69, 9.17) is 4.74 Å². The van der Waals surface area contributed by atoms with Crippen LogP contribution in [0.15, 0.2) is 11.6 Å². The monoisotopic (exact) mass is 166 g/mol. The van der Waals surface area contributed by atoms with Gasteiger partial charge in [-0.1, -0.05) is 0 Å². The first kappa shape index (κ1) is 7.99. The average molecular weight is 166 g/mol. The number of hydrogen-bond donors (Lipinski definition) is 0. The number of ketones is 1. The first-order valence-corrected chi connectivity index (χ1v) is 4.58. The molecule has 0 radical (unpaired) electrons. The van der Waals surface area contributed by atoms with E-state index in [1.807, 2.05) is 0 Å². The molecule has 0 saturated heterocycles. The van der Waals surface area contributed by atoms with Crippen molar-refractivity contribution in [2.45, 2.75) is 31.8 Å². The van der Waals surface area contributed by atoms with Crippen LogP contribution in [-0.2, 0) is 9.53 Å². The summed E-state index contributed by atoms with van der Waals surface area (Å²) in [6.07, 6.45) is 6.24. The van der Waals surface area contributed by atoms with E-state index in [0.717, 1.165) is 12.8 Å². The zero-order valence-corrected chi connectivity index (χ0v) is 7.38. The van der Waals surface area contributed by atoms with E-state index < -0.39 is 0 Å². The Hall–Kier alpha value is -0.630. The number of carbonyl (C=O) groups excluding carboxylic acids is 1. The van der Waals surface area contributed by atoms with Crippen molar-refractivity contribution >= 4 is 5.78 Å². The van der Waals surface area contributed by atoms with Crippen molar-refractivity contribution in [1.29, 1.82) is 0 Å². The number of carbonyl (C=O) groups is 1. The van der Waals surface area contributed by atoms with Crippen LogP contribution >= 0.6 is 0 Å². The molecule has 1 fully saturated rings. The van der Waals surface area contributed by atoms with Gasteiger partial charge in [0.2, 0.25) is 0 Å². The highest BCUT2D eigenvalue weighted by Gasteiger charge is 2.33. The van der Waals surface area contributed by atoms with Gasteiger partial charge in [-0.15, -0.1) is 0 Å². The Kier molecular flexibility index (Phi) is 2.01. The normalized spacial score (nSPS) is 34.8. The fourth-order valence-electron chi connectivity index (χ4n) is 2.32. The lowest BCUT2D eigenvalue weighted by atomic mass is 9.84. The van der Waals surface area contributed by atoms with Crippen molar-refractivity contribution in [1.82, 2.24) is 0 Å².